The summed E-state index contributed by atoms with van der Waals surface area (Å²) in [5.74, 6) is 0.0840. The first kappa shape index (κ1) is 11.2. The van der Waals surface area contributed by atoms with Crippen LogP contribution in [0.5, 0.6) is 5.88 Å². The smallest absolute Gasteiger partial charge is 0.254 e. The Morgan fingerprint density at radius 2 is 1.88 bits per heavy atom. The van der Waals surface area contributed by atoms with Crippen LogP contribution in [0.15, 0.2) is 35.1 Å². The normalized spacial score (nSPS) is 10.2. The molecular weight excluding hydrogens is 218 g/mol. The Morgan fingerprint density at radius 3 is 2.41 bits per heavy atom. The molecule has 17 heavy (non-hydrogen) atoms. The molecule has 0 unspecified atom stereocenters. The highest BCUT2D eigenvalue weighted by Crippen LogP contribution is 2.19. The zero-order chi connectivity index (χ0) is 12.4. The third kappa shape index (κ3) is 2.44. The zero-order valence-electron chi connectivity index (χ0n) is 9.64. The maximum absolute atomic E-state index is 11.2. The van der Waals surface area contributed by atoms with Crippen molar-refractivity contribution in [1.82, 2.24) is 9.97 Å². The molecule has 5 nitrogen and oxygen atoms in total. The molecule has 88 valence electrons. The molecule has 0 amide bonds. The van der Waals surface area contributed by atoms with Gasteiger partial charge in [-0.3, -0.25) is 4.79 Å². The second-order valence-electron chi connectivity index (χ2n) is 3.89. The van der Waals surface area contributed by atoms with Crippen LogP contribution >= 0.6 is 0 Å². The third-order valence-electron chi connectivity index (χ3n) is 2.39. The molecule has 0 aliphatic heterocycles. The van der Waals surface area contributed by atoms with E-state index in [4.69, 9.17) is 0 Å². The van der Waals surface area contributed by atoms with E-state index in [2.05, 4.69) is 9.97 Å². The highest BCUT2D eigenvalue weighted by Gasteiger charge is 2.03. The number of aromatic nitrogens is 2. The molecule has 0 spiro atoms. The van der Waals surface area contributed by atoms with Crippen molar-refractivity contribution < 1.29 is 5.11 Å². The Labute approximate surface area is 98.4 Å². The summed E-state index contributed by atoms with van der Waals surface area (Å²) in [5.41, 5.74) is 1.43. The van der Waals surface area contributed by atoms with Crippen molar-refractivity contribution in [3.05, 3.63) is 40.7 Å². The summed E-state index contributed by atoms with van der Waals surface area (Å²) in [4.78, 5) is 19.6. The van der Waals surface area contributed by atoms with Gasteiger partial charge in [0.2, 0.25) is 5.88 Å². The molecule has 0 aliphatic carbocycles. The van der Waals surface area contributed by atoms with Gasteiger partial charge in [-0.05, 0) is 24.3 Å². The summed E-state index contributed by atoms with van der Waals surface area (Å²) < 4.78 is 0. The monoisotopic (exact) mass is 231 g/mol. The molecule has 1 aromatic carbocycles. The van der Waals surface area contributed by atoms with Gasteiger partial charge in [-0.2, -0.15) is 4.98 Å². The first-order valence-electron chi connectivity index (χ1n) is 5.14. The van der Waals surface area contributed by atoms with E-state index in [9.17, 15) is 9.90 Å². The Kier molecular flexibility index (Phi) is 2.82. The average molecular weight is 231 g/mol. The van der Waals surface area contributed by atoms with Crippen molar-refractivity contribution in [2.75, 3.05) is 19.0 Å². The van der Waals surface area contributed by atoms with Crippen LogP contribution in [0.3, 0.4) is 0 Å². The summed E-state index contributed by atoms with van der Waals surface area (Å²) in [6.07, 6.45) is 0. The standard InChI is InChI=1S/C12H13N3O2/c1-15(2)9-5-3-8(4-6-9)12-13-10(16)7-11(17)14-12/h3-7H,1-2H3,(H2,13,14,16,17). The highest BCUT2D eigenvalue weighted by atomic mass is 16.3. The van der Waals surface area contributed by atoms with Crippen LogP contribution in [0.2, 0.25) is 0 Å². The molecule has 1 aromatic heterocycles. The summed E-state index contributed by atoms with van der Waals surface area (Å²) in [5, 5.41) is 9.26. The number of hydrogen-bond acceptors (Lipinski definition) is 4. The molecule has 0 fully saturated rings. The largest absolute Gasteiger partial charge is 0.493 e. The van der Waals surface area contributed by atoms with Crippen molar-refractivity contribution >= 4 is 5.69 Å². The van der Waals surface area contributed by atoms with Gasteiger partial charge in [0.1, 0.15) is 5.82 Å². The quantitative estimate of drug-likeness (QED) is 0.815. The number of nitrogens with one attached hydrogen (secondary N) is 1. The second kappa shape index (κ2) is 4.29. The summed E-state index contributed by atoms with van der Waals surface area (Å²) in [7, 11) is 3.90. The Balaban J connectivity index is 2.43. The Hall–Kier alpha value is -2.30. The zero-order valence-corrected chi connectivity index (χ0v) is 9.64. The minimum atomic E-state index is -0.371. The number of nitrogens with zero attached hydrogens (tertiary/aromatic N) is 2. The number of anilines is 1. The topological polar surface area (TPSA) is 69.2 Å². The number of aromatic hydroxyl groups is 1. The highest BCUT2D eigenvalue weighted by molar-refractivity contribution is 5.60. The molecule has 2 aromatic rings. The van der Waals surface area contributed by atoms with E-state index in [-0.39, 0.29) is 11.4 Å². The molecule has 0 radical (unpaired) electrons. The van der Waals surface area contributed by atoms with Crippen LogP contribution in [-0.2, 0) is 0 Å². The molecule has 2 N–H and O–H groups in total. The van der Waals surface area contributed by atoms with Gasteiger partial charge in [-0.15, -0.1) is 0 Å². The van der Waals surface area contributed by atoms with E-state index in [1.54, 1.807) is 0 Å². The lowest BCUT2D eigenvalue weighted by Gasteiger charge is -2.12. The van der Waals surface area contributed by atoms with E-state index in [1.807, 2.05) is 43.3 Å². The van der Waals surface area contributed by atoms with Gasteiger partial charge < -0.3 is 15.0 Å². The lowest BCUT2D eigenvalue weighted by atomic mass is 10.2. The summed E-state index contributed by atoms with van der Waals surface area (Å²) in [6.45, 7) is 0. The summed E-state index contributed by atoms with van der Waals surface area (Å²) >= 11 is 0. The predicted molar refractivity (Wildman–Crippen MR) is 66.3 cm³/mol. The molecule has 0 saturated carbocycles. The average Bonchev–Trinajstić information content (AvgIpc) is 2.28. The molecular formula is C12H13N3O2. The number of benzene rings is 1. The number of aromatic amines is 1. The molecule has 5 heteroatoms. The number of hydrogen-bond donors (Lipinski definition) is 2. The van der Waals surface area contributed by atoms with Crippen LogP contribution < -0.4 is 10.5 Å². The fraction of sp³-hybridized carbons (Fsp3) is 0.167. The SMILES string of the molecule is CN(C)c1ccc(-c2nc(O)cc(=O)[nH]2)cc1. The van der Waals surface area contributed by atoms with Crippen LogP contribution in [0.4, 0.5) is 5.69 Å². The van der Waals surface area contributed by atoms with Crippen LogP contribution in [0, 0.1) is 0 Å². The van der Waals surface area contributed by atoms with Gasteiger partial charge in [0.15, 0.2) is 0 Å². The first-order valence-corrected chi connectivity index (χ1v) is 5.14. The number of H-pyrrole nitrogens is 1. The van der Waals surface area contributed by atoms with Gasteiger partial charge in [0.25, 0.3) is 5.56 Å². The lowest BCUT2D eigenvalue weighted by Crippen LogP contribution is -2.09. The Morgan fingerprint density at radius 1 is 1.24 bits per heavy atom. The molecule has 0 saturated heterocycles. The van der Waals surface area contributed by atoms with E-state index in [0.717, 1.165) is 17.3 Å². The van der Waals surface area contributed by atoms with Crippen LogP contribution in [0.1, 0.15) is 0 Å². The maximum Gasteiger partial charge on any atom is 0.254 e. The van der Waals surface area contributed by atoms with Gasteiger partial charge in [-0.1, -0.05) is 0 Å². The molecule has 0 aliphatic rings. The molecule has 2 rings (SSSR count). The minimum absolute atomic E-state index is 0.277. The van der Waals surface area contributed by atoms with Crippen molar-refractivity contribution in [3.63, 3.8) is 0 Å². The fourth-order valence-corrected chi connectivity index (χ4v) is 1.50. The molecule has 1 heterocycles. The van der Waals surface area contributed by atoms with Crippen LogP contribution in [0.25, 0.3) is 11.4 Å². The van der Waals surface area contributed by atoms with E-state index < -0.39 is 0 Å². The van der Waals surface area contributed by atoms with Gasteiger partial charge >= 0.3 is 0 Å². The molecule has 0 atom stereocenters. The second-order valence-corrected chi connectivity index (χ2v) is 3.89. The van der Waals surface area contributed by atoms with Crippen molar-refractivity contribution in [3.8, 4) is 17.3 Å². The first-order chi connectivity index (χ1) is 8.06. The van der Waals surface area contributed by atoms with Crippen molar-refractivity contribution in [2.45, 2.75) is 0 Å². The summed E-state index contributed by atoms with van der Waals surface area (Å²) in [6, 6.07) is 8.55. The van der Waals surface area contributed by atoms with E-state index >= 15 is 0 Å². The molecule has 0 bridgehead atoms. The van der Waals surface area contributed by atoms with Crippen molar-refractivity contribution in [2.24, 2.45) is 0 Å². The van der Waals surface area contributed by atoms with E-state index in [1.165, 1.54) is 0 Å². The Bertz CT molecular complexity index is 573. The predicted octanol–water partition coefficient (Wildman–Crippen LogP) is 1.21. The third-order valence-corrected chi connectivity index (χ3v) is 2.39. The lowest BCUT2D eigenvalue weighted by molar-refractivity contribution is 0.452. The van der Waals surface area contributed by atoms with Gasteiger partial charge in [-0.25, -0.2) is 0 Å². The van der Waals surface area contributed by atoms with Crippen LogP contribution in [-0.4, -0.2) is 29.2 Å². The van der Waals surface area contributed by atoms with E-state index in [0.29, 0.717) is 5.82 Å². The minimum Gasteiger partial charge on any atom is -0.493 e. The number of rotatable bonds is 2. The fourth-order valence-electron chi connectivity index (χ4n) is 1.50. The maximum atomic E-state index is 11.2. The van der Waals surface area contributed by atoms with Gasteiger partial charge in [0.05, 0.1) is 6.07 Å². The van der Waals surface area contributed by atoms with Gasteiger partial charge in [0, 0.05) is 25.3 Å². The van der Waals surface area contributed by atoms with Crippen molar-refractivity contribution in [1.29, 1.82) is 0 Å².